The molecule has 4 nitrogen and oxygen atoms in total. The van der Waals surface area contributed by atoms with Gasteiger partial charge in [0.05, 0.1) is 9.98 Å². The second-order valence-corrected chi connectivity index (χ2v) is 5.03. The zero-order valence-corrected chi connectivity index (χ0v) is 10.2. The predicted octanol–water partition coefficient (Wildman–Crippen LogP) is 1.84. The molecule has 0 aliphatic carbocycles. The lowest BCUT2D eigenvalue weighted by Gasteiger charge is -2.01. The monoisotopic (exact) mass is 277 g/mol. The molecule has 1 amide bonds. The summed E-state index contributed by atoms with van der Waals surface area (Å²) < 4.78 is 0.916. The third kappa shape index (κ3) is 4.17. The Kier molecular flexibility index (Phi) is 5.06. The molecule has 0 spiro atoms. The summed E-state index contributed by atoms with van der Waals surface area (Å²) in [5.74, 6) is -0.00667. The molecule has 1 aromatic rings. The summed E-state index contributed by atoms with van der Waals surface area (Å²) in [4.78, 5) is 15.3. The molecule has 0 bridgehead atoms. The Morgan fingerprint density at radius 1 is 1.71 bits per heavy atom. The van der Waals surface area contributed by atoms with Crippen molar-refractivity contribution in [3.8, 4) is 0 Å². The zero-order chi connectivity index (χ0) is 10.4. The van der Waals surface area contributed by atoms with E-state index in [4.69, 9.17) is 0 Å². The molecule has 0 unspecified atom stereocenters. The van der Waals surface area contributed by atoms with E-state index in [2.05, 4.69) is 31.5 Å². The van der Waals surface area contributed by atoms with Crippen LogP contribution >= 0.6 is 27.3 Å². The molecule has 78 valence electrons. The fourth-order valence-electron chi connectivity index (χ4n) is 0.873. The molecular formula is C8H12BrN3OS. The molecule has 0 saturated heterocycles. The highest BCUT2D eigenvalue weighted by Gasteiger charge is 2.04. The van der Waals surface area contributed by atoms with Gasteiger partial charge in [-0.15, -0.1) is 0 Å². The summed E-state index contributed by atoms with van der Waals surface area (Å²) in [6.45, 7) is 3.60. The van der Waals surface area contributed by atoms with Gasteiger partial charge < -0.3 is 10.6 Å². The molecule has 1 heterocycles. The van der Waals surface area contributed by atoms with Crippen LogP contribution in [0.15, 0.2) is 9.98 Å². The van der Waals surface area contributed by atoms with Gasteiger partial charge in [-0.25, -0.2) is 4.98 Å². The number of anilines is 1. The molecule has 2 N–H and O–H groups in total. The van der Waals surface area contributed by atoms with E-state index in [0.29, 0.717) is 18.1 Å². The Bertz CT molecular complexity index is 303. The summed E-state index contributed by atoms with van der Waals surface area (Å²) >= 11 is 4.69. The van der Waals surface area contributed by atoms with Gasteiger partial charge in [-0.05, 0) is 22.5 Å². The first-order valence-corrected chi connectivity index (χ1v) is 5.95. The quantitative estimate of drug-likeness (QED) is 0.808. The highest BCUT2D eigenvalue weighted by atomic mass is 79.9. The summed E-state index contributed by atoms with van der Waals surface area (Å²) in [6.07, 6.45) is 2.15. The van der Waals surface area contributed by atoms with Crippen LogP contribution in [0, 0.1) is 0 Å². The molecular weight excluding hydrogens is 266 g/mol. The molecule has 0 aromatic carbocycles. The molecule has 6 heteroatoms. The van der Waals surface area contributed by atoms with Crippen LogP contribution in [-0.2, 0) is 4.79 Å². The van der Waals surface area contributed by atoms with Crippen LogP contribution in [-0.4, -0.2) is 24.0 Å². The van der Waals surface area contributed by atoms with Gasteiger partial charge in [-0.1, -0.05) is 18.3 Å². The number of hydrogen-bond donors (Lipinski definition) is 2. The Hall–Kier alpha value is -0.460. The van der Waals surface area contributed by atoms with Crippen molar-refractivity contribution < 1.29 is 4.79 Å². The van der Waals surface area contributed by atoms with E-state index in [-0.39, 0.29) is 5.91 Å². The third-order valence-electron chi connectivity index (χ3n) is 1.50. The summed E-state index contributed by atoms with van der Waals surface area (Å²) in [6, 6.07) is 0. The van der Waals surface area contributed by atoms with E-state index in [1.165, 1.54) is 11.3 Å². The molecule has 0 saturated carbocycles. The number of halogens is 1. The molecule has 0 radical (unpaired) electrons. The lowest BCUT2D eigenvalue weighted by Crippen LogP contribution is -2.21. The maximum atomic E-state index is 11.3. The number of carbonyl (C=O) groups is 1. The first kappa shape index (κ1) is 11.6. The van der Waals surface area contributed by atoms with Crippen LogP contribution < -0.4 is 10.6 Å². The fourth-order valence-corrected chi connectivity index (χ4v) is 2.00. The Morgan fingerprint density at radius 2 is 2.50 bits per heavy atom. The Morgan fingerprint density at radius 3 is 3.07 bits per heavy atom. The Labute approximate surface area is 95.2 Å². The first-order chi connectivity index (χ1) is 6.72. The first-order valence-electron chi connectivity index (χ1n) is 4.34. The molecule has 0 aliphatic rings. The summed E-state index contributed by atoms with van der Waals surface area (Å²) in [5, 5.41) is 6.44. The minimum atomic E-state index is -0.00667. The molecule has 14 heavy (non-hydrogen) atoms. The number of hydrogen-bond acceptors (Lipinski definition) is 4. The van der Waals surface area contributed by atoms with Crippen molar-refractivity contribution in [2.24, 2.45) is 0 Å². The van der Waals surface area contributed by atoms with Gasteiger partial charge in [0.2, 0.25) is 5.91 Å². The van der Waals surface area contributed by atoms with Crippen LogP contribution in [0.2, 0.25) is 0 Å². The lowest BCUT2D eigenvalue weighted by atomic mass is 10.4. The van der Waals surface area contributed by atoms with E-state index in [0.717, 1.165) is 10.3 Å². The average Bonchev–Trinajstić information content (AvgIpc) is 2.52. The average molecular weight is 278 g/mol. The number of nitrogens with zero attached hydrogens (tertiary/aromatic N) is 1. The van der Waals surface area contributed by atoms with Gasteiger partial charge in [0.25, 0.3) is 0 Å². The highest BCUT2D eigenvalue weighted by molar-refractivity contribution is 9.11. The van der Waals surface area contributed by atoms with Gasteiger partial charge >= 0.3 is 0 Å². The fraction of sp³-hybridized carbons (Fsp3) is 0.500. The SMILES string of the molecule is CCNCCC(=O)Nc1ncc(Br)s1. The maximum Gasteiger partial charge on any atom is 0.227 e. The smallest absolute Gasteiger partial charge is 0.227 e. The van der Waals surface area contributed by atoms with E-state index >= 15 is 0 Å². The van der Waals surface area contributed by atoms with Crippen molar-refractivity contribution in [3.63, 3.8) is 0 Å². The minimum Gasteiger partial charge on any atom is -0.316 e. The van der Waals surface area contributed by atoms with Gasteiger partial charge in [0.15, 0.2) is 5.13 Å². The van der Waals surface area contributed by atoms with Gasteiger partial charge in [-0.3, -0.25) is 4.79 Å². The van der Waals surface area contributed by atoms with Crippen LogP contribution in [0.1, 0.15) is 13.3 Å². The van der Waals surface area contributed by atoms with Crippen LogP contribution in [0.25, 0.3) is 0 Å². The molecule has 1 rings (SSSR count). The summed E-state index contributed by atoms with van der Waals surface area (Å²) in [7, 11) is 0. The third-order valence-corrected chi connectivity index (χ3v) is 2.89. The molecule has 0 aliphatic heterocycles. The van der Waals surface area contributed by atoms with E-state index in [1.54, 1.807) is 6.20 Å². The lowest BCUT2D eigenvalue weighted by molar-refractivity contribution is -0.116. The number of thiazole rings is 1. The largest absolute Gasteiger partial charge is 0.316 e. The molecule has 1 aromatic heterocycles. The van der Waals surface area contributed by atoms with Crippen molar-refractivity contribution in [1.82, 2.24) is 10.3 Å². The van der Waals surface area contributed by atoms with Crippen molar-refractivity contribution in [2.45, 2.75) is 13.3 Å². The van der Waals surface area contributed by atoms with Gasteiger partial charge in [0, 0.05) is 13.0 Å². The number of carbonyl (C=O) groups excluding carboxylic acids is 1. The maximum absolute atomic E-state index is 11.3. The van der Waals surface area contributed by atoms with Crippen LogP contribution in [0.4, 0.5) is 5.13 Å². The van der Waals surface area contributed by atoms with Crippen molar-refractivity contribution in [2.75, 3.05) is 18.4 Å². The van der Waals surface area contributed by atoms with Gasteiger partial charge in [0.1, 0.15) is 0 Å². The highest BCUT2D eigenvalue weighted by Crippen LogP contribution is 2.22. The standard InChI is InChI=1S/C8H12BrN3OS/c1-2-10-4-3-7(13)12-8-11-5-6(9)14-8/h5,10H,2-4H2,1H3,(H,11,12,13). The number of amides is 1. The molecule has 0 fully saturated rings. The normalized spacial score (nSPS) is 10.1. The number of nitrogens with one attached hydrogen (secondary N) is 2. The van der Waals surface area contributed by atoms with Crippen molar-refractivity contribution >= 4 is 38.3 Å². The van der Waals surface area contributed by atoms with Crippen LogP contribution in [0.5, 0.6) is 0 Å². The van der Waals surface area contributed by atoms with E-state index in [1.807, 2.05) is 6.92 Å². The molecule has 0 atom stereocenters. The zero-order valence-electron chi connectivity index (χ0n) is 7.84. The second kappa shape index (κ2) is 6.10. The van der Waals surface area contributed by atoms with Crippen LogP contribution in [0.3, 0.4) is 0 Å². The topological polar surface area (TPSA) is 54.0 Å². The predicted molar refractivity (Wildman–Crippen MR) is 61.6 cm³/mol. The Balaban J connectivity index is 2.27. The minimum absolute atomic E-state index is 0.00667. The van der Waals surface area contributed by atoms with E-state index in [9.17, 15) is 4.79 Å². The van der Waals surface area contributed by atoms with Gasteiger partial charge in [-0.2, -0.15) is 0 Å². The number of aromatic nitrogens is 1. The van der Waals surface area contributed by atoms with Crippen molar-refractivity contribution in [3.05, 3.63) is 9.98 Å². The van der Waals surface area contributed by atoms with Crippen molar-refractivity contribution in [1.29, 1.82) is 0 Å². The second-order valence-electron chi connectivity index (χ2n) is 2.62. The summed E-state index contributed by atoms with van der Waals surface area (Å²) in [5.41, 5.74) is 0. The van der Waals surface area contributed by atoms with E-state index < -0.39 is 0 Å². The number of rotatable bonds is 5.